The standard InChI is InChI=1S/C15H16F2N2O2S/c1-10(13-7-4-8-22-13)19-14(20)9-18-11-5-2-3-6-12(11)21-15(16)17/h2-8,10,15,18H,9H2,1H3,(H,19,20)/t10-/m0/s1. The normalized spacial score (nSPS) is 12.0. The number of hydrogen-bond acceptors (Lipinski definition) is 4. The lowest BCUT2D eigenvalue weighted by Gasteiger charge is -2.15. The van der Waals surface area contributed by atoms with Gasteiger partial charge in [0.1, 0.15) is 5.75 Å². The first-order chi connectivity index (χ1) is 10.6. The van der Waals surface area contributed by atoms with Gasteiger partial charge in [0.2, 0.25) is 5.91 Å². The van der Waals surface area contributed by atoms with Crippen molar-refractivity contribution in [3.8, 4) is 5.75 Å². The van der Waals surface area contributed by atoms with E-state index < -0.39 is 6.61 Å². The van der Waals surface area contributed by atoms with Crippen LogP contribution in [0, 0.1) is 0 Å². The van der Waals surface area contributed by atoms with Crippen LogP contribution in [0.25, 0.3) is 0 Å². The summed E-state index contributed by atoms with van der Waals surface area (Å²) >= 11 is 1.56. The van der Waals surface area contributed by atoms with Crippen LogP contribution in [0.2, 0.25) is 0 Å². The van der Waals surface area contributed by atoms with E-state index in [0.29, 0.717) is 5.69 Å². The molecule has 1 amide bonds. The molecule has 1 heterocycles. The van der Waals surface area contributed by atoms with E-state index in [0.717, 1.165) is 4.88 Å². The average molecular weight is 326 g/mol. The molecule has 22 heavy (non-hydrogen) atoms. The van der Waals surface area contributed by atoms with Crippen LogP contribution in [0.4, 0.5) is 14.5 Å². The maximum atomic E-state index is 12.3. The zero-order valence-electron chi connectivity index (χ0n) is 11.9. The highest BCUT2D eigenvalue weighted by Crippen LogP contribution is 2.25. The molecule has 7 heteroatoms. The van der Waals surface area contributed by atoms with Crippen molar-refractivity contribution in [1.29, 1.82) is 0 Å². The molecule has 0 aliphatic rings. The number of hydrogen-bond donors (Lipinski definition) is 2. The van der Waals surface area contributed by atoms with Gasteiger partial charge in [-0.2, -0.15) is 8.78 Å². The Kier molecular flexibility index (Phi) is 5.71. The maximum Gasteiger partial charge on any atom is 0.387 e. The van der Waals surface area contributed by atoms with Gasteiger partial charge in [-0.1, -0.05) is 18.2 Å². The Balaban J connectivity index is 1.88. The number of benzene rings is 1. The number of ether oxygens (including phenoxy) is 1. The van der Waals surface area contributed by atoms with Gasteiger partial charge in [-0.3, -0.25) is 4.79 Å². The molecule has 1 atom stereocenters. The summed E-state index contributed by atoms with van der Waals surface area (Å²) in [6.07, 6.45) is 0. The van der Waals surface area contributed by atoms with Crippen molar-refractivity contribution in [1.82, 2.24) is 5.32 Å². The maximum absolute atomic E-state index is 12.3. The van der Waals surface area contributed by atoms with Crippen molar-refractivity contribution in [2.24, 2.45) is 0 Å². The fourth-order valence-corrected chi connectivity index (χ4v) is 2.62. The Morgan fingerprint density at radius 1 is 1.27 bits per heavy atom. The number of rotatable bonds is 7. The third kappa shape index (κ3) is 4.70. The highest BCUT2D eigenvalue weighted by molar-refractivity contribution is 7.10. The van der Waals surface area contributed by atoms with Gasteiger partial charge in [-0.15, -0.1) is 11.3 Å². The molecule has 4 nitrogen and oxygen atoms in total. The second-order valence-corrected chi connectivity index (χ2v) is 5.51. The topological polar surface area (TPSA) is 50.4 Å². The van der Waals surface area contributed by atoms with Gasteiger partial charge in [0, 0.05) is 4.88 Å². The van der Waals surface area contributed by atoms with Crippen LogP contribution >= 0.6 is 11.3 Å². The molecule has 0 aliphatic heterocycles. The highest BCUT2D eigenvalue weighted by atomic mass is 32.1. The quantitative estimate of drug-likeness (QED) is 0.817. The minimum atomic E-state index is -2.91. The number of halogens is 2. The van der Waals surface area contributed by atoms with Gasteiger partial charge in [0.15, 0.2) is 0 Å². The van der Waals surface area contributed by atoms with Gasteiger partial charge in [0.25, 0.3) is 0 Å². The molecule has 0 aliphatic carbocycles. The lowest BCUT2D eigenvalue weighted by Crippen LogP contribution is -2.31. The molecule has 0 fully saturated rings. The third-order valence-electron chi connectivity index (χ3n) is 2.89. The SMILES string of the molecule is C[C@H](NC(=O)CNc1ccccc1OC(F)F)c1cccs1. The first-order valence-electron chi connectivity index (χ1n) is 6.66. The van der Waals surface area contributed by atoms with Crippen molar-refractivity contribution < 1.29 is 18.3 Å². The van der Waals surface area contributed by atoms with Crippen LogP contribution in [-0.2, 0) is 4.79 Å². The lowest BCUT2D eigenvalue weighted by atomic mass is 10.2. The summed E-state index contributed by atoms with van der Waals surface area (Å²) in [5.74, 6) is -0.218. The molecule has 1 aromatic heterocycles. The van der Waals surface area contributed by atoms with Crippen LogP contribution in [-0.4, -0.2) is 19.1 Å². The first kappa shape index (κ1) is 16.2. The molecule has 0 saturated carbocycles. The molecule has 0 bridgehead atoms. The van der Waals surface area contributed by atoms with Gasteiger partial charge in [0.05, 0.1) is 18.3 Å². The minimum absolute atomic E-state index is 0.0107. The number of anilines is 1. The predicted octanol–water partition coefficient (Wildman–Crippen LogP) is 3.64. The second-order valence-electron chi connectivity index (χ2n) is 4.53. The molecule has 0 radical (unpaired) electrons. The molecule has 1 aromatic carbocycles. The van der Waals surface area contributed by atoms with Crippen molar-refractivity contribution in [3.63, 3.8) is 0 Å². The molecule has 0 unspecified atom stereocenters. The Morgan fingerprint density at radius 2 is 2.05 bits per heavy atom. The molecule has 0 saturated heterocycles. The fourth-order valence-electron chi connectivity index (χ4n) is 1.89. The van der Waals surface area contributed by atoms with Crippen molar-refractivity contribution >= 4 is 22.9 Å². The van der Waals surface area contributed by atoms with E-state index >= 15 is 0 Å². The van der Waals surface area contributed by atoms with Gasteiger partial charge < -0.3 is 15.4 Å². The van der Waals surface area contributed by atoms with Crippen LogP contribution in [0.5, 0.6) is 5.75 Å². The van der Waals surface area contributed by atoms with Gasteiger partial charge in [-0.05, 0) is 30.5 Å². The van der Waals surface area contributed by atoms with E-state index in [1.54, 1.807) is 29.5 Å². The number of alkyl halides is 2. The van der Waals surface area contributed by atoms with E-state index in [1.165, 1.54) is 6.07 Å². The fraction of sp³-hybridized carbons (Fsp3) is 0.267. The van der Waals surface area contributed by atoms with Crippen molar-refractivity contribution in [2.45, 2.75) is 19.6 Å². The molecule has 0 spiro atoms. The molecule has 2 rings (SSSR count). The number of carbonyl (C=O) groups excluding carboxylic acids is 1. The molecule has 2 aromatic rings. The third-order valence-corrected chi connectivity index (χ3v) is 3.94. The lowest BCUT2D eigenvalue weighted by molar-refractivity contribution is -0.120. The van der Waals surface area contributed by atoms with E-state index in [1.807, 2.05) is 24.4 Å². The summed E-state index contributed by atoms with van der Waals surface area (Å²) in [7, 11) is 0. The number of nitrogens with one attached hydrogen (secondary N) is 2. The summed E-state index contributed by atoms with van der Waals surface area (Å²) in [6, 6.07) is 10.0. The van der Waals surface area contributed by atoms with E-state index in [-0.39, 0.29) is 24.2 Å². The molecular weight excluding hydrogens is 310 g/mol. The van der Waals surface area contributed by atoms with Crippen LogP contribution in [0.3, 0.4) is 0 Å². The van der Waals surface area contributed by atoms with Crippen molar-refractivity contribution in [2.75, 3.05) is 11.9 Å². The van der Waals surface area contributed by atoms with Crippen LogP contribution in [0.15, 0.2) is 41.8 Å². The highest BCUT2D eigenvalue weighted by Gasteiger charge is 2.12. The van der Waals surface area contributed by atoms with Crippen LogP contribution in [0.1, 0.15) is 17.8 Å². The Bertz CT molecular complexity index is 605. The minimum Gasteiger partial charge on any atom is -0.433 e. The van der Waals surface area contributed by atoms with E-state index in [2.05, 4.69) is 15.4 Å². The molecular formula is C15H16F2N2O2S. The predicted molar refractivity (Wildman–Crippen MR) is 82.4 cm³/mol. The summed E-state index contributed by atoms with van der Waals surface area (Å²) in [4.78, 5) is 12.9. The van der Waals surface area contributed by atoms with E-state index in [9.17, 15) is 13.6 Å². The summed E-state index contributed by atoms with van der Waals surface area (Å²) < 4.78 is 29.0. The number of carbonyl (C=O) groups is 1. The van der Waals surface area contributed by atoms with Crippen molar-refractivity contribution in [3.05, 3.63) is 46.7 Å². The zero-order valence-corrected chi connectivity index (χ0v) is 12.7. The van der Waals surface area contributed by atoms with Gasteiger partial charge in [-0.25, -0.2) is 0 Å². The molecule has 2 N–H and O–H groups in total. The zero-order chi connectivity index (χ0) is 15.9. The largest absolute Gasteiger partial charge is 0.433 e. The summed E-state index contributed by atoms with van der Waals surface area (Å²) in [5, 5.41) is 7.57. The number of thiophene rings is 1. The smallest absolute Gasteiger partial charge is 0.387 e. The average Bonchev–Trinajstić information content (AvgIpc) is 3.00. The monoisotopic (exact) mass is 326 g/mol. The molecule has 118 valence electrons. The second kappa shape index (κ2) is 7.74. The Morgan fingerprint density at radius 3 is 2.73 bits per heavy atom. The summed E-state index contributed by atoms with van der Waals surface area (Å²) in [6.45, 7) is -1.05. The Labute approximate surface area is 131 Å². The number of para-hydroxylation sites is 2. The van der Waals surface area contributed by atoms with E-state index in [4.69, 9.17) is 0 Å². The number of amides is 1. The van der Waals surface area contributed by atoms with Gasteiger partial charge >= 0.3 is 6.61 Å². The first-order valence-corrected chi connectivity index (χ1v) is 7.54. The summed E-state index contributed by atoms with van der Waals surface area (Å²) in [5.41, 5.74) is 0.349. The van der Waals surface area contributed by atoms with Crippen LogP contribution < -0.4 is 15.4 Å². The Hall–Kier alpha value is -2.15.